The predicted octanol–water partition coefficient (Wildman–Crippen LogP) is 2.32. The highest BCUT2D eigenvalue weighted by Crippen LogP contribution is 2.35. The summed E-state index contributed by atoms with van der Waals surface area (Å²) in [6.45, 7) is 0.555. The third-order valence-electron chi connectivity index (χ3n) is 3.58. The predicted molar refractivity (Wildman–Crippen MR) is 72.5 cm³/mol. The van der Waals surface area contributed by atoms with Gasteiger partial charge >= 0.3 is 0 Å². The molecule has 1 unspecified atom stereocenters. The summed E-state index contributed by atoms with van der Waals surface area (Å²) >= 11 is 5.52. The number of halogens is 1. The van der Waals surface area contributed by atoms with Crippen molar-refractivity contribution in [1.29, 1.82) is 0 Å². The van der Waals surface area contributed by atoms with E-state index in [1.807, 2.05) is 6.07 Å². The minimum atomic E-state index is -0.386. The van der Waals surface area contributed by atoms with Crippen molar-refractivity contribution >= 4 is 23.2 Å². The molecule has 1 atom stereocenters. The maximum absolute atomic E-state index is 11.5. The van der Waals surface area contributed by atoms with Crippen LogP contribution in [0.2, 0.25) is 0 Å². The van der Waals surface area contributed by atoms with Gasteiger partial charge in [0.15, 0.2) is 0 Å². The Morgan fingerprint density at radius 2 is 2.32 bits per heavy atom. The van der Waals surface area contributed by atoms with Gasteiger partial charge in [-0.3, -0.25) is 14.9 Å². The standard InChI is InChI=1S/C13H15ClN2O3/c1-15(13(17)7-14)8-10-3-2-9-4-5-11(16(18)19)6-12(9)10/h4-6,10H,2-3,7-8H2,1H3. The molecule has 0 spiro atoms. The molecule has 0 saturated heterocycles. The van der Waals surface area contributed by atoms with Crippen LogP contribution in [0.25, 0.3) is 0 Å². The van der Waals surface area contributed by atoms with Crippen molar-refractivity contribution in [2.24, 2.45) is 0 Å². The van der Waals surface area contributed by atoms with Crippen molar-refractivity contribution in [3.63, 3.8) is 0 Å². The third kappa shape index (κ3) is 2.87. The Hall–Kier alpha value is -1.62. The van der Waals surface area contributed by atoms with Crippen LogP contribution in [0, 0.1) is 10.1 Å². The van der Waals surface area contributed by atoms with E-state index < -0.39 is 0 Å². The molecule has 0 heterocycles. The van der Waals surface area contributed by atoms with E-state index in [1.54, 1.807) is 18.0 Å². The molecule has 102 valence electrons. The lowest BCUT2D eigenvalue weighted by molar-refractivity contribution is -0.384. The lowest BCUT2D eigenvalue weighted by Crippen LogP contribution is -2.31. The average molecular weight is 283 g/mol. The molecule has 0 radical (unpaired) electrons. The van der Waals surface area contributed by atoms with E-state index in [1.165, 1.54) is 6.07 Å². The van der Waals surface area contributed by atoms with Crippen LogP contribution in [0.4, 0.5) is 5.69 Å². The van der Waals surface area contributed by atoms with Crippen LogP contribution < -0.4 is 0 Å². The monoisotopic (exact) mass is 282 g/mol. The first-order valence-electron chi connectivity index (χ1n) is 6.10. The Balaban J connectivity index is 2.18. The second kappa shape index (κ2) is 5.57. The zero-order valence-corrected chi connectivity index (χ0v) is 11.4. The first-order chi connectivity index (χ1) is 9.02. The summed E-state index contributed by atoms with van der Waals surface area (Å²) in [5, 5.41) is 10.8. The molecule has 1 aliphatic rings. The van der Waals surface area contributed by atoms with Crippen LogP contribution in [0.5, 0.6) is 0 Å². The fraction of sp³-hybridized carbons (Fsp3) is 0.462. The normalized spacial score (nSPS) is 17.1. The van der Waals surface area contributed by atoms with Crippen LogP contribution in [0.15, 0.2) is 18.2 Å². The van der Waals surface area contributed by atoms with E-state index in [0.29, 0.717) is 6.54 Å². The first kappa shape index (κ1) is 13.8. The Kier molecular flexibility index (Phi) is 4.04. The molecule has 2 rings (SSSR count). The third-order valence-corrected chi connectivity index (χ3v) is 3.81. The van der Waals surface area contributed by atoms with Gasteiger partial charge in [0.25, 0.3) is 5.69 Å². The van der Waals surface area contributed by atoms with E-state index in [0.717, 1.165) is 24.0 Å². The van der Waals surface area contributed by atoms with Crippen molar-refractivity contribution in [3.05, 3.63) is 39.4 Å². The smallest absolute Gasteiger partial charge is 0.269 e. The second-order valence-electron chi connectivity index (χ2n) is 4.78. The van der Waals surface area contributed by atoms with Crippen molar-refractivity contribution in [1.82, 2.24) is 4.90 Å². The Morgan fingerprint density at radius 1 is 1.58 bits per heavy atom. The summed E-state index contributed by atoms with van der Waals surface area (Å²) in [6.07, 6.45) is 1.82. The first-order valence-corrected chi connectivity index (χ1v) is 6.63. The molecular weight excluding hydrogens is 268 g/mol. The molecule has 6 heteroatoms. The topological polar surface area (TPSA) is 63.4 Å². The number of alkyl halides is 1. The molecule has 0 aliphatic heterocycles. The van der Waals surface area contributed by atoms with Gasteiger partial charge in [-0.25, -0.2) is 0 Å². The van der Waals surface area contributed by atoms with Gasteiger partial charge in [0, 0.05) is 31.6 Å². The molecule has 0 bridgehead atoms. The van der Waals surface area contributed by atoms with Crippen molar-refractivity contribution in [2.75, 3.05) is 19.5 Å². The number of carbonyl (C=O) groups excluding carboxylic acids is 1. The van der Waals surface area contributed by atoms with Crippen molar-refractivity contribution in [2.45, 2.75) is 18.8 Å². The zero-order valence-electron chi connectivity index (χ0n) is 10.6. The summed E-state index contributed by atoms with van der Waals surface area (Å²) in [6, 6.07) is 4.98. The number of non-ortho nitro benzene ring substituents is 1. The van der Waals surface area contributed by atoms with Crippen molar-refractivity contribution in [3.8, 4) is 0 Å². The summed E-state index contributed by atoms with van der Waals surface area (Å²) in [4.78, 5) is 23.5. The number of amides is 1. The quantitative estimate of drug-likeness (QED) is 0.484. The number of nitro benzene ring substituents is 1. The van der Waals surface area contributed by atoms with Crippen LogP contribution in [-0.2, 0) is 11.2 Å². The molecule has 0 aromatic heterocycles. The molecule has 5 nitrogen and oxygen atoms in total. The molecule has 0 N–H and O–H groups in total. The number of hydrogen-bond donors (Lipinski definition) is 0. The number of benzene rings is 1. The summed E-state index contributed by atoms with van der Waals surface area (Å²) in [5.74, 6) is -0.00186. The maximum atomic E-state index is 11.5. The minimum absolute atomic E-state index is 0.0367. The molecule has 0 saturated carbocycles. The molecule has 1 aliphatic carbocycles. The Labute approximate surface area is 116 Å². The minimum Gasteiger partial charge on any atom is -0.344 e. The van der Waals surface area contributed by atoms with Crippen LogP contribution >= 0.6 is 11.6 Å². The summed E-state index contributed by atoms with van der Waals surface area (Å²) < 4.78 is 0. The lowest BCUT2D eigenvalue weighted by atomic mass is 10.0. The molecule has 1 amide bonds. The van der Waals surface area contributed by atoms with Gasteiger partial charge in [0.1, 0.15) is 5.88 Å². The lowest BCUT2D eigenvalue weighted by Gasteiger charge is -2.21. The number of likely N-dealkylation sites (N-methyl/N-ethyl adjacent to an activating group) is 1. The molecule has 19 heavy (non-hydrogen) atoms. The zero-order chi connectivity index (χ0) is 14.0. The largest absolute Gasteiger partial charge is 0.344 e. The highest BCUT2D eigenvalue weighted by molar-refractivity contribution is 6.27. The van der Waals surface area contributed by atoms with E-state index in [9.17, 15) is 14.9 Å². The summed E-state index contributed by atoms with van der Waals surface area (Å²) in [7, 11) is 1.71. The number of nitrogens with zero attached hydrogens (tertiary/aromatic N) is 2. The van der Waals surface area contributed by atoms with Crippen LogP contribution in [0.1, 0.15) is 23.5 Å². The highest BCUT2D eigenvalue weighted by Gasteiger charge is 2.26. The second-order valence-corrected chi connectivity index (χ2v) is 5.05. The molecule has 0 fully saturated rings. The van der Waals surface area contributed by atoms with Crippen LogP contribution in [-0.4, -0.2) is 35.2 Å². The number of nitro groups is 1. The van der Waals surface area contributed by atoms with Gasteiger partial charge in [0.05, 0.1) is 4.92 Å². The van der Waals surface area contributed by atoms with Gasteiger partial charge in [-0.15, -0.1) is 11.6 Å². The highest BCUT2D eigenvalue weighted by atomic mass is 35.5. The number of aryl methyl sites for hydroxylation is 1. The fourth-order valence-corrected chi connectivity index (χ4v) is 2.72. The van der Waals surface area contributed by atoms with Gasteiger partial charge in [0.2, 0.25) is 5.91 Å². The van der Waals surface area contributed by atoms with E-state index >= 15 is 0 Å². The number of rotatable bonds is 4. The van der Waals surface area contributed by atoms with E-state index in [-0.39, 0.29) is 28.3 Å². The fourth-order valence-electron chi connectivity index (χ4n) is 2.51. The average Bonchev–Trinajstić information content (AvgIpc) is 2.80. The summed E-state index contributed by atoms with van der Waals surface area (Å²) in [5.41, 5.74) is 2.24. The van der Waals surface area contributed by atoms with Gasteiger partial charge in [-0.05, 0) is 24.0 Å². The van der Waals surface area contributed by atoms with E-state index in [2.05, 4.69) is 0 Å². The van der Waals surface area contributed by atoms with Crippen molar-refractivity contribution < 1.29 is 9.72 Å². The Bertz CT molecular complexity index is 519. The van der Waals surface area contributed by atoms with Gasteiger partial charge in [-0.2, -0.15) is 0 Å². The van der Waals surface area contributed by atoms with Gasteiger partial charge < -0.3 is 4.90 Å². The van der Waals surface area contributed by atoms with Crippen LogP contribution in [0.3, 0.4) is 0 Å². The maximum Gasteiger partial charge on any atom is 0.269 e. The molecule has 1 aromatic carbocycles. The molecule has 1 aromatic rings. The van der Waals surface area contributed by atoms with Gasteiger partial charge in [-0.1, -0.05) is 6.07 Å². The number of hydrogen-bond acceptors (Lipinski definition) is 3. The Morgan fingerprint density at radius 3 is 2.95 bits per heavy atom. The number of carbonyl (C=O) groups is 1. The van der Waals surface area contributed by atoms with E-state index in [4.69, 9.17) is 11.6 Å². The molecular formula is C13H15ClN2O3. The number of fused-ring (bicyclic) bond motifs is 1. The SMILES string of the molecule is CN(CC1CCc2ccc([N+](=O)[O-])cc21)C(=O)CCl.